The summed E-state index contributed by atoms with van der Waals surface area (Å²) in [6.07, 6.45) is -3.65. The number of hydrogen-bond acceptors (Lipinski definition) is 3. The third kappa shape index (κ3) is 4.59. The van der Waals surface area contributed by atoms with E-state index in [2.05, 4.69) is 15.3 Å². The molecule has 2 aromatic rings. The van der Waals surface area contributed by atoms with E-state index in [1.807, 2.05) is 0 Å². The summed E-state index contributed by atoms with van der Waals surface area (Å²) < 4.78 is 43.7. The number of alkyl halides is 3. The van der Waals surface area contributed by atoms with Crippen molar-refractivity contribution in [1.82, 2.24) is 15.3 Å². The molecule has 0 spiro atoms. The molecule has 0 aliphatic rings. The second kappa shape index (κ2) is 7.08. The van der Waals surface area contributed by atoms with Gasteiger partial charge >= 0.3 is 6.18 Å². The molecule has 1 amide bonds. The third-order valence-electron chi connectivity index (χ3n) is 2.79. The SMILES string of the molecule is O=C(COC(c1ccccc1)C(F)(F)F)NCc1ncc[nH]1. The van der Waals surface area contributed by atoms with Gasteiger partial charge < -0.3 is 15.0 Å². The summed E-state index contributed by atoms with van der Waals surface area (Å²) in [5.41, 5.74) is -0.0474. The van der Waals surface area contributed by atoms with Gasteiger partial charge in [0.15, 0.2) is 6.10 Å². The Morgan fingerprint density at radius 2 is 2.05 bits per heavy atom. The fourth-order valence-corrected chi connectivity index (χ4v) is 1.79. The smallest absolute Gasteiger partial charge is 0.354 e. The highest BCUT2D eigenvalue weighted by Gasteiger charge is 2.42. The lowest BCUT2D eigenvalue weighted by Crippen LogP contribution is -2.31. The minimum Gasteiger partial charge on any atom is -0.354 e. The van der Waals surface area contributed by atoms with E-state index in [1.165, 1.54) is 30.5 Å². The molecule has 0 bridgehead atoms. The summed E-state index contributed by atoms with van der Waals surface area (Å²) in [7, 11) is 0. The Bertz CT molecular complexity index is 585. The van der Waals surface area contributed by atoms with Crippen LogP contribution in [0.25, 0.3) is 0 Å². The number of amides is 1. The Morgan fingerprint density at radius 1 is 1.32 bits per heavy atom. The Morgan fingerprint density at radius 3 is 2.64 bits per heavy atom. The summed E-state index contributed by atoms with van der Waals surface area (Å²) in [6, 6.07) is 7.17. The van der Waals surface area contributed by atoms with Crippen LogP contribution in [0.3, 0.4) is 0 Å². The number of carbonyl (C=O) groups excluding carboxylic acids is 1. The number of halogens is 3. The quantitative estimate of drug-likeness (QED) is 0.860. The number of H-pyrrole nitrogens is 1. The molecule has 1 aromatic carbocycles. The van der Waals surface area contributed by atoms with Gasteiger partial charge in [0.25, 0.3) is 0 Å². The molecule has 0 aliphatic carbocycles. The van der Waals surface area contributed by atoms with Gasteiger partial charge in [-0.2, -0.15) is 13.2 Å². The van der Waals surface area contributed by atoms with E-state index >= 15 is 0 Å². The van der Waals surface area contributed by atoms with Crippen molar-refractivity contribution in [2.45, 2.75) is 18.8 Å². The lowest BCUT2D eigenvalue weighted by atomic mass is 10.1. The zero-order chi connectivity index (χ0) is 16.0. The van der Waals surface area contributed by atoms with Gasteiger partial charge in [-0.3, -0.25) is 4.79 Å². The van der Waals surface area contributed by atoms with Crippen LogP contribution in [0.15, 0.2) is 42.7 Å². The molecule has 118 valence electrons. The Balaban J connectivity index is 1.90. The molecule has 0 saturated carbocycles. The standard InChI is InChI=1S/C14H14F3N3O2/c15-14(16,17)13(10-4-2-1-3-5-10)22-9-12(21)20-8-11-18-6-7-19-11/h1-7,13H,8-9H2,(H,18,19)(H,20,21). The molecule has 22 heavy (non-hydrogen) atoms. The van der Waals surface area contributed by atoms with E-state index < -0.39 is 24.8 Å². The molecule has 0 aliphatic heterocycles. The summed E-state index contributed by atoms with van der Waals surface area (Å²) in [5, 5.41) is 2.42. The van der Waals surface area contributed by atoms with Gasteiger partial charge in [0.2, 0.25) is 5.91 Å². The number of nitrogens with zero attached hydrogens (tertiary/aromatic N) is 1. The second-order valence-electron chi connectivity index (χ2n) is 4.46. The van der Waals surface area contributed by atoms with E-state index in [0.29, 0.717) is 5.82 Å². The maximum absolute atomic E-state index is 13.0. The van der Waals surface area contributed by atoms with Crippen LogP contribution >= 0.6 is 0 Å². The molecule has 0 fully saturated rings. The maximum Gasteiger partial charge on any atom is 0.418 e. The average Bonchev–Trinajstić information content (AvgIpc) is 2.98. The first-order valence-electron chi connectivity index (χ1n) is 6.45. The van der Waals surface area contributed by atoms with Gasteiger partial charge in [-0.05, 0) is 5.56 Å². The van der Waals surface area contributed by atoms with Gasteiger partial charge in [0.05, 0.1) is 6.54 Å². The van der Waals surface area contributed by atoms with Crippen LogP contribution in [0.2, 0.25) is 0 Å². The van der Waals surface area contributed by atoms with Gasteiger partial charge in [-0.25, -0.2) is 4.98 Å². The highest BCUT2D eigenvalue weighted by atomic mass is 19.4. The lowest BCUT2D eigenvalue weighted by molar-refractivity contribution is -0.223. The molecule has 8 heteroatoms. The fraction of sp³-hybridized carbons (Fsp3) is 0.286. The molecular weight excluding hydrogens is 299 g/mol. The van der Waals surface area contributed by atoms with Crippen LogP contribution in [0, 0.1) is 0 Å². The minimum atomic E-state index is -4.59. The van der Waals surface area contributed by atoms with E-state index in [0.717, 1.165) is 0 Å². The van der Waals surface area contributed by atoms with Crippen molar-refractivity contribution in [3.05, 3.63) is 54.1 Å². The Kier molecular flexibility index (Phi) is 5.16. The zero-order valence-electron chi connectivity index (χ0n) is 11.4. The predicted octanol–water partition coefficient (Wildman–Crippen LogP) is 2.35. The molecule has 2 rings (SSSR count). The van der Waals surface area contributed by atoms with E-state index in [1.54, 1.807) is 12.3 Å². The highest BCUT2D eigenvalue weighted by molar-refractivity contribution is 5.77. The van der Waals surface area contributed by atoms with Crippen molar-refractivity contribution in [3.8, 4) is 0 Å². The van der Waals surface area contributed by atoms with E-state index in [9.17, 15) is 18.0 Å². The zero-order valence-corrected chi connectivity index (χ0v) is 11.4. The molecule has 1 aromatic heterocycles. The number of carbonyl (C=O) groups is 1. The fourth-order valence-electron chi connectivity index (χ4n) is 1.79. The first-order valence-corrected chi connectivity index (χ1v) is 6.45. The van der Waals surface area contributed by atoms with E-state index in [-0.39, 0.29) is 12.1 Å². The lowest BCUT2D eigenvalue weighted by Gasteiger charge is -2.20. The number of ether oxygens (including phenoxy) is 1. The van der Waals surface area contributed by atoms with Crippen LogP contribution in [0.4, 0.5) is 13.2 Å². The molecular formula is C14H14F3N3O2. The van der Waals surface area contributed by atoms with Crippen LogP contribution < -0.4 is 5.32 Å². The number of benzene rings is 1. The number of aromatic amines is 1. The number of rotatable bonds is 6. The van der Waals surface area contributed by atoms with Crippen LogP contribution in [0.5, 0.6) is 0 Å². The molecule has 5 nitrogen and oxygen atoms in total. The Labute approximate surface area is 124 Å². The van der Waals surface area contributed by atoms with Gasteiger partial charge in [-0.15, -0.1) is 0 Å². The highest BCUT2D eigenvalue weighted by Crippen LogP contribution is 2.35. The number of nitrogens with one attached hydrogen (secondary N) is 2. The number of hydrogen-bond donors (Lipinski definition) is 2. The third-order valence-corrected chi connectivity index (χ3v) is 2.79. The summed E-state index contributed by atoms with van der Waals surface area (Å²) in [4.78, 5) is 18.2. The number of imidazole rings is 1. The first kappa shape index (κ1) is 16.0. The van der Waals surface area contributed by atoms with Crippen molar-refractivity contribution in [3.63, 3.8) is 0 Å². The summed E-state index contributed by atoms with van der Waals surface area (Å²) >= 11 is 0. The number of aromatic nitrogens is 2. The summed E-state index contributed by atoms with van der Waals surface area (Å²) in [5.74, 6) is -0.148. The predicted molar refractivity (Wildman–Crippen MR) is 71.6 cm³/mol. The monoisotopic (exact) mass is 313 g/mol. The molecule has 0 saturated heterocycles. The maximum atomic E-state index is 13.0. The second-order valence-corrected chi connectivity index (χ2v) is 4.46. The Hall–Kier alpha value is -2.35. The van der Waals surface area contributed by atoms with Crippen molar-refractivity contribution >= 4 is 5.91 Å². The van der Waals surface area contributed by atoms with Crippen molar-refractivity contribution in [2.24, 2.45) is 0 Å². The van der Waals surface area contributed by atoms with Crippen molar-refractivity contribution in [2.75, 3.05) is 6.61 Å². The van der Waals surface area contributed by atoms with Gasteiger partial charge in [0, 0.05) is 12.4 Å². The van der Waals surface area contributed by atoms with Gasteiger partial charge in [-0.1, -0.05) is 30.3 Å². The van der Waals surface area contributed by atoms with E-state index in [4.69, 9.17) is 4.74 Å². The molecule has 1 unspecified atom stereocenters. The normalized spacial score (nSPS) is 12.9. The molecule has 2 N–H and O–H groups in total. The topological polar surface area (TPSA) is 67.0 Å². The first-order chi connectivity index (χ1) is 10.5. The largest absolute Gasteiger partial charge is 0.418 e. The molecule has 0 radical (unpaired) electrons. The summed E-state index contributed by atoms with van der Waals surface area (Å²) in [6.45, 7) is -0.600. The average molecular weight is 313 g/mol. The molecule has 1 heterocycles. The van der Waals surface area contributed by atoms with Crippen LogP contribution in [0.1, 0.15) is 17.5 Å². The minimum absolute atomic E-state index is 0.0474. The van der Waals surface area contributed by atoms with Gasteiger partial charge in [0.1, 0.15) is 12.4 Å². The van der Waals surface area contributed by atoms with Crippen molar-refractivity contribution in [1.29, 1.82) is 0 Å². The van der Waals surface area contributed by atoms with Crippen molar-refractivity contribution < 1.29 is 22.7 Å². The van der Waals surface area contributed by atoms with Crippen LogP contribution in [-0.2, 0) is 16.1 Å². The van der Waals surface area contributed by atoms with Crippen LogP contribution in [-0.4, -0.2) is 28.7 Å². The molecule has 1 atom stereocenters.